The Balaban J connectivity index is 1.84. The van der Waals surface area contributed by atoms with Gasteiger partial charge < -0.3 is 19.2 Å². The fourth-order valence-electron chi connectivity index (χ4n) is 3.08. The van der Waals surface area contributed by atoms with Crippen molar-refractivity contribution in [2.24, 2.45) is 0 Å². The number of hydrogen-bond acceptors (Lipinski definition) is 4. The van der Waals surface area contributed by atoms with Gasteiger partial charge >= 0.3 is 0 Å². The van der Waals surface area contributed by atoms with Crippen LogP contribution in [0.4, 0.5) is 0 Å². The Morgan fingerprint density at radius 3 is 2.54 bits per heavy atom. The number of benzene rings is 2. The molecule has 3 rings (SSSR count). The summed E-state index contributed by atoms with van der Waals surface area (Å²) in [7, 11) is 3.23. The van der Waals surface area contributed by atoms with Crippen LogP contribution in [0.15, 0.2) is 46.9 Å². The normalized spacial score (nSPS) is 12.0. The number of hydrogen-bond donors (Lipinski definition) is 1. The number of amides is 1. The summed E-state index contributed by atoms with van der Waals surface area (Å²) in [6, 6.07) is 13.1. The largest absolute Gasteiger partial charge is 0.496 e. The van der Waals surface area contributed by atoms with Crippen LogP contribution in [0.3, 0.4) is 0 Å². The number of para-hydroxylation sites is 1. The van der Waals surface area contributed by atoms with Crippen LogP contribution in [-0.4, -0.2) is 20.1 Å². The highest BCUT2D eigenvalue weighted by molar-refractivity contribution is 5.97. The first kappa shape index (κ1) is 17.9. The molecule has 26 heavy (non-hydrogen) atoms. The van der Waals surface area contributed by atoms with Gasteiger partial charge in [-0.15, -0.1) is 0 Å². The van der Waals surface area contributed by atoms with Crippen LogP contribution in [0.2, 0.25) is 0 Å². The summed E-state index contributed by atoms with van der Waals surface area (Å²) in [5.41, 5.74) is 2.65. The molecule has 1 aromatic heterocycles. The number of rotatable bonds is 6. The molecule has 0 bridgehead atoms. The van der Waals surface area contributed by atoms with Crippen molar-refractivity contribution in [2.75, 3.05) is 14.2 Å². The van der Waals surface area contributed by atoms with Gasteiger partial charge in [0.2, 0.25) is 0 Å². The molecule has 2 aromatic carbocycles. The van der Waals surface area contributed by atoms with Gasteiger partial charge in [-0.25, -0.2) is 0 Å². The minimum atomic E-state index is -0.247. The molecule has 0 spiro atoms. The second-order valence-electron chi connectivity index (χ2n) is 6.15. The number of methoxy groups -OCH3 is 2. The molecule has 3 aromatic rings. The molecule has 1 amide bonds. The first-order chi connectivity index (χ1) is 12.6. The topological polar surface area (TPSA) is 60.7 Å². The zero-order valence-electron chi connectivity index (χ0n) is 15.5. The number of furan rings is 1. The molecular formula is C21H23NO4. The van der Waals surface area contributed by atoms with Crippen molar-refractivity contribution in [3.8, 4) is 11.5 Å². The summed E-state index contributed by atoms with van der Waals surface area (Å²) >= 11 is 0. The van der Waals surface area contributed by atoms with Crippen molar-refractivity contribution < 1.29 is 18.7 Å². The molecule has 0 unspecified atom stereocenters. The van der Waals surface area contributed by atoms with Gasteiger partial charge in [-0.2, -0.15) is 0 Å². The molecule has 0 radical (unpaired) electrons. The van der Waals surface area contributed by atoms with Gasteiger partial charge in [0.1, 0.15) is 5.75 Å². The summed E-state index contributed by atoms with van der Waals surface area (Å²) < 4.78 is 16.3. The van der Waals surface area contributed by atoms with Crippen molar-refractivity contribution in [3.05, 3.63) is 59.4 Å². The van der Waals surface area contributed by atoms with Crippen molar-refractivity contribution in [3.63, 3.8) is 0 Å². The fraction of sp³-hybridized carbons (Fsp3) is 0.286. The zero-order chi connectivity index (χ0) is 18.7. The van der Waals surface area contributed by atoms with Crippen molar-refractivity contribution in [1.82, 2.24) is 5.32 Å². The minimum Gasteiger partial charge on any atom is -0.496 e. The Morgan fingerprint density at radius 2 is 1.88 bits per heavy atom. The standard InChI is InChI=1S/C21H23NO4/c1-5-16(14-9-10-17(24-3)13(2)11-14)22-21(23)19-12-15-7-6-8-18(25-4)20(15)26-19/h6-12,16H,5H2,1-4H3,(H,22,23)/t16-/m1/s1. The highest BCUT2D eigenvalue weighted by Gasteiger charge is 2.19. The molecule has 5 heteroatoms. The molecule has 0 aliphatic rings. The number of carbonyl (C=O) groups excluding carboxylic acids is 1. The van der Waals surface area contributed by atoms with Crippen LogP contribution in [0, 0.1) is 6.92 Å². The van der Waals surface area contributed by atoms with E-state index in [1.54, 1.807) is 20.3 Å². The van der Waals surface area contributed by atoms with E-state index in [1.807, 2.05) is 50.2 Å². The van der Waals surface area contributed by atoms with E-state index in [0.29, 0.717) is 11.3 Å². The molecule has 1 N–H and O–H groups in total. The maximum absolute atomic E-state index is 12.7. The molecule has 0 aliphatic carbocycles. The second-order valence-corrected chi connectivity index (χ2v) is 6.15. The van der Waals surface area contributed by atoms with Gasteiger partial charge in [0.15, 0.2) is 17.1 Å². The van der Waals surface area contributed by atoms with E-state index >= 15 is 0 Å². The van der Waals surface area contributed by atoms with Gasteiger partial charge in [0.05, 0.1) is 20.3 Å². The van der Waals surface area contributed by atoms with E-state index in [0.717, 1.165) is 28.7 Å². The fourth-order valence-corrected chi connectivity index (χ4v) is 3.08. The van der Waals surface area contributed by atoms with E-state index in [-0.39, 0.29) is 17.7 Å². The third-order valence-corrected chi connectivity index (χ3v) is 4.49. The van der Waals surface area contributed by atoms with Crippen LogP contribution in [-0.2, 0) is 0 Å². The van der Waals surface area contributed by atoms with Crippen LogP contribution in [0.5, 0.6) is 11.5 Å². The summed E-state index contributed by atoms with van der Waals surface area (Å²) in [6.45, 7) is 4.02. The molecule has 5 nitrogen and oxygen atoms in total. The van der Waals surface area contributed by atoms with Gasteiger partial charge in [-0.05, 0) is 42.7 Å². The quantitative estimate of drug-likeness (QED) is 0.701. The smallest absolute Gasteiger partial charge is 0.287 e. The van der Waals surface area contributed by atoms with Crippen LogP contribution < -0.4 is 14.8 Å². The Hall–Kier alpha value is -2.95. The summed E-state index contributed by atoms with van der Waals surface area (Å²) in [4.78, 5) is 12.7. The third-order valence-electron chi connectivity index (χ3n) is 4.49. The molecule has 0 fully saturated rings. The lowest BCUT2D eigenvalue weighted by Gasteiger charge is -2.18. The molecule has 1 heterocycles. The number of aryl methyl sites for hydroxylation is 1. The summed E-state index contributed by atoms with van der Waals surface area (Å²) in [5, 5.41) is 3.88. The lowest BCUT2D eigenvalue weighted by Crippen LogP contribution is -2.27. The lowest BCUT2D eigenvalue weighted by molar-refractivity contribution is 0.0909. The van der Waals surface area contributed by atoms with E-state index in [9.17, 15) is 4.79 Å². The Morgan fingerprint density at radius 1 is 1.12 bits per heavy atom. The minimum absolute atomic E-state index is 0.109. The monoisotopic (exact) mass is 353 g/mol. The molecule has 0 saturated heterocycles. The Bertz CT molecular complexity index is 929. The predicted octanol–water partition coefficient (Wildman–Crippen LogP) is 4.64. The molecular weight excluding hydrogens is 330 g/mol. The zero-order valence-corrected chi connectivity index (χ0v) is 15.5. The van der Waals surface area contributed by atoms with Gasteiger partial charge in [-0.3, -0.25) is 4.79 Å². The second kappa shape index (κ2) is 7.52. The molecule has 0 saturated carbocycles. The van der Waals surface area contributed by atoms with E-state index < -0.39 is 0 Å². The van der Waals surface area contributed by atoms with Gasteiger partial charge in [0, 0.05) is 5.39 Å². The first-order valence-corrected chi connectivity index (χ1v) is 8.59. The van der Waals surface area contributed by atoms with E-state index in [4.69, 9.17) is 13.9 Å². The SMILES string of the molecule is CC[C@@H](NC(=O)c1cc2cccc(OC)c2o1)c1ccc(OC)c(C)c1. The third kappa shape index (κ3) is 3.38. The number of carbonyl (C=O) groups is 1. The first-order valence-electron chi connectivity index (χ1n) is 8.59. The maximum Gasteiger partial charge on any atom is 0.287 e. The van der Waals surface area contributed by atoms with Crippen LogP contribution >= 0.6 is 0 Å². The maximum atomic E-state index is 12.7. The van der Waals surface area contributed by atoms with E-state index in [2.05, 4.69) is 5.32 Å². The van der Waals surface area contributed by atoms with Gasteiger partial charge in [0.25, 0.3) is 5.91 Å². The van der Waals surface area contributed by atoms with Gasteiger partial charge in [-0.1, -0.05) is 31.2 Å². The van der Waals surface area contributed by atoms with Crippen molar-refractivity contribution in [1.29, 1.82) is 0 Å². The molecule has 1 atom stereocenters. The van der Waals surface area contributed by atoms with Crippen molar-refractivity contribution >= 4 is 16.9 Å². The average molecular weight is 353 g/mol. The predicted molar refractivity (Wildman–Crippen MR) is 101 cm³/mol. The average Bonchev–Trinajstić information content (AvgIpc) is 3.10. The number of nitrogens with one attached hydrogen (secondary N) is 1. The summed E-state index contributed by atoms with van der Waals surface area (Å²) in [6.07, 6.45) is 0.765. The number of fused-ring (bicyclic) bond motifs is 1. The Labute approximate surface area is 152 Å². The van der Waals surface area contributed by atoms with Crippen LogP contribution in [0.1, 0.15) is 41.1 Å². The van der Waals surface area contributed by atoms with Crippen LogP contribution in [0.25, 0.3) is 11.0 Å². The van der Waals surface area contributed by atoms with Crippen molar-refractivity contribution in [2.45, 2.75) is 26.3 Å². The molecule has 136 valence electrons. The summed E-state index contributed by atoms with van der Waals surface area (Å²) in [5.74, 6) is 1.47. The lowest BCUT2D eigenvalue weighted by atomic mass is 10.0. The number of ether oxygens (including phenoxy) is 2. The highest BCUT2D eigenvalue weighted by atomic mass is 16.5. The van der Waals surface area contributed by atoms with E-state index in [1.165, 1.54) is 0 Å². The molecule has 0 aliphatic heterocycles. The Kier molecular flexibility index (Phi) is 5.16. The highest BCUT2D eigenvalue weighted by Crippen LogP contribution is 2.29.